The lowest BCUT2D eigenvalue weighted by Gasteiger charge is -2.14. The SMILES string of the molecule is CN(Cc1oc2ccccc2c1CN)CC(F)F. The fourth-order valence-corrected chi connectivity index (χ4v) is 2.05. The summed E-state index contributed by atoms with van der Waals surface area (Å²) in [7, 11) is 1.64. The average Bonchev–Trinajstić information content (AvgIpc) is 2.64. The largest absolute Gasteiger partial charge is 0.459 e. The van der Waals surface area contributed by atoms with Crippen LogP contribution < -0.4 is 5.73 Å². The Morgan fingerprint density at radius 1 is 1.33 bits per heavy atom. The fourth-order valence-electron chi connectivity index (χ4n) is 2.05. The number of nitrogens with two attached hydrogens (primary N) is 1. The van der Waals surface area contributed by atoms with Crippen molar-refractivity contribution >= 4 is 11.0 Å². The lowest BCUT2D eigenvalue weighted by molar-refractivity contribution is 0.0947. The van der Waals surface area contributed by atoms with E-state index in [1.807, 2.05) is 24.3 Å². The summed E-state index contributed by atoms with van der Waals surface area (Å²) in [6.45, 7) is 0.404. The van der Waals surface area contributed by atoms with Crippen LogP contribution in [0.1, 0.15) is 11.3 Å². The molecule has 18 heavy (non-hydrogen) atoms. The van der Waals surface area contributed by atoms with Crippen LogP contribution in [-0.4, -0.2) is 24.9 Å². The molecule has 0 radical (unpaired) electrons. The molecule has 2 aromatic rings. The Labute approximate surface area is 104 Å². The number of hydrogen-bond acceptors (Lipinski definition) is 3. The second-order valence-electron chi connectivity index (χ2n) is 4.29. The van der Waals surface area contributed by atoms with Gasteiger partial charge in [0.25, 0.3) is 6.43 Å². The number of fused-ring (bicyclic) bond motifs is 1. The predicted octanol–water partition coefficient (Wildman–Crippen LogP) is 2.59. The smallest absolute Gasteiger partial charge is 0.251 e. The molecule has 3 nitrogen and oxygen atoms in total. The highest BCUT2D eigenvalue weighted by Gasteiger charge is 2.15. The molecule has 1 aromatic heterocycles. The summed E-state index contributed by atoms with van der Waals surface area (Å²) in [6.07, 6.45) is -2.35. The number of rotatable bonds is 5. The van der Waals surface area contributed by atoms with Crippen LogP contribution in [0.2, 0.25) is 0 Å². The third kappa shape index (κ3) is 2.68. The zero-order chi connectivity index (χ0) is 13.1. The Kier molecular flexibility index (Phi) is 3.93. The maximum absolute atomic E-state index is 12.3. The van der Waals surface area contributed by atoms with Gasteiger partial charge in [0.15, 0.2) is 0 Å². The van der Waals surface area contributed by atoms with Crippen molar-refractivity contribution in [3.8, 4) is 0 Å². The van der Waals surface area contributed by atoms with Gasteiger partial charge in [0, 0.05) is 17.5 Å². The van der Waals surface area contributed by atoms with Gasteiger partial charge in [0.2, 0.25) is 0 Å². The quantitative estimate of drug-likeness (QED) is 0.891. The molecule has 0 bridgehead atoms. The van der Waals surface area contributed by atoms with Crippen LogP contribution in [0.3, 0.4) is 0 Å². The van der Waals surface area contributed by atoms with Crippen LogP contribution in [0.4, 0.5) is 8.78 Å². The molecule has 0 aliphatic carbocycles. The van der Waals surface area contributed by atoms with Crippen LogP contribution in [-0.2, 0) is 13.1 Å². The van der Waals surface area contributed by atoms with Gasteiger partial charge in [0.05, 0.1) is 13.1 Å². The van der Waals surface area contributed by atoms with Crippen molar-refractivity contribution in [1.82, 2.24) is 4.90 Å². The van der Waals surface area contributed by atoms with Crippen molar-refractivity contribution in [3.63, 3.8) is 0 Å². The number of furan rings is 1. The molecule has 0 unspecified atom stereocenters. The molecular weight excluding hydrogens is 238 g/mol. The fraction of sp³-hybridized carbons (Fsp3) is 0.385. The zero-order valence-corrected chi connectivity index (χ0v) is 10.2. The van der Waals surface area contributed by atoms with Gasteiger partial charge in [-0.25, -0.2) is 8.78 Å². The second-order valence-corrected chi connectivity index (χ2v) is 4.29. The van der Waals surface area contributed by atoms with Gasteiger partial charge in [-0.15, -0.1) is 0 Å². The Morgan fingerprint density at radius 3 is 2.72 bits per heavy atom. The summed E-state index contributed by atoms with van der Waals surface area (Å²) in [5.74, 6) is 0.668. The number of benzene rings is 1. The van der Waals surface area contributed by atoms with Crippen molar-refractivity contribution in [2.45, 2.75) is 19.5 Å². The molecule has 0 saturated heterocycles. The molecular formula is C13H16F2N2O. The van der Waals surface area contributed by atoms with Crippen LogP contribution in [0.15, 0.2) is 28.7 Å². The van der Waals surface area contributed by atoms with Gasteiger partial charge < -0.3 is 10.2 Å². The van der Waals surface area contributed by atoms with Crippen molar-refractivity contribution < 1.29 is 13.2 Å². The van der Waals surface area contributed by atoms with Gasteiger partial charge in [-0.2, -0.15) is 0 Å². The van der Waals surface area contributed by atoms with Gasteiger partial charge in [0.1, 0.15) is 11.3 Å². The molecule has 2 N–H and O–H groups in total. The predicted molar refractivity (Wildman–Crippen MR) is 66.4 cm³/mol. The average molecular weight is 254 g/mol. The number of nitrogens with zero attached hydrogens (tertiary/aromatic N) is 1. The highest BCUT2D eigenvalue weighted by atomic mass is 19.3. The minimum Gasteiger partial charge on any atom is -0.459 e. The molecule has 5 heteroatoms. The molecule has 0 amide bonds. The first-order chi connectivity index (χ1) is 8.61. The molecule has 0 aliphatic heterocycles. The van der Waals surface area contributed by atoms with E-state index in [0.717, 1.165) is 16.5 Å². The first-order valence-corrected chi connectivity index (χ1v) is 5.78. The number of halogens is 2. The second kappa shape index (κ2) is 5.46. The van der Waals surface area contributed by atoms with Crippen LogP contribution >= 0.6 is 0 Å². The van der Waals surface area contributed by atoms with E-state index in [1.165, 1.54) is 4.90 Å². The van der Waals surface area contributed by atoms with Crippen molar-refractivity contribution in [2.75, 3.05) is 13.6 Å². The minimum absolute atomic E-state index is 0.277. The van der Waals surface area contributed by atoms with Crippen LogP contribution in [0.5, 0.6) is 0 Å². The molecule has 0 spiro atoms. The van der Waals surface area contributed by atoms with Crippen LogP contribution in [0, 0.1) is 0 Å². The maximum Gasteiger partial charge on any atom is 0.251 e. The highest BCUT2D eigenvalue weighted by molar-refractivity contribution is 5.82. The third-order valence-corrected chi connectivity index (χ3v) is 2.85. The molecule has 0 aliphatic rings. The molecule has 98 valence electrons. The first kappa shape index (κ1) is 13.0. The summed E-state index contributed by atoms with van der Waals surface area (Å²) >= 11 is 0. The number of para-hydroxylation sites is 1. The Bertz CT molecular complexity index is 525. The standard InChI is InChI=1S/C13H16F2N2O/c1-17(8-13(14)15)7-12-10(6-16)9-4-2-3-5-11(9)18-12/h2-5,13H,6-8,16H2,1H3. The normalized spacial score (nSPS) is 11.9. The molecule has 0 fully saturated rings. The first-order valence-electron chi connectivity index (χ1n) is 5.78. The van der Waals surface area contributed by atoms with Crippen molar-refractivity contribution in [2.24, 2.45) is 5.73 Å². The summed E-state index contributed by atoms with van der Waals surface area (Å²) in [5.41, 5.74) is 7.36. The molecule has 1 heterocycles. The third-order valence-electron chi connectivity index (χ3n) is 2.85. The van der Waals surface area contributed by atoms with E-state index in [2.05, 4.69) is 0 Å². The molecule has 0 atom stereocenters. The van der Waals surface area contributed by atoms with Crippen molar-refractivity contribution in [1.29, 1.82) is 0 Å². The zero-order valence-electron chi connectivity index (χ0n) is 10.2. The van der Waals surface area contributed by atoms with Gasteiger partial charge in [-0.05, 0) is 13.1 Å². The molecule has 2 rings (SSSR count). The maximum atomic E-state index is 12.3. The topological polar surface area (TPSA) is 42.4 Å². The highest BCUT2D eigenvalue weighted by Crippen LogP contribution is 2.26. The minimum atomic E-state index is -2.35. The lowest BCUT2D eigenvalue weighted by Crippen LogP contribution is -2.24. The summed E-state index contributed by atoms with van der Waals surface area (Å²) in [4.78, 5) is 1.53. The van der Waals surface area contributed by atoms with E-state index in [0.29, 0.717) is 18.8 Å². The van der Waals surface area contributed by atoms with Crippen LogP contribution in [0.25, 0.3) is 11.0 Å². The summed E-state index contributed by atoms with van der Waals surface area (Å²) in [6, 6.07) is 7.56. The molecule has 0 saturated carbocycles. The van der Waals surface area contributed by atoms with E-state index in [1.54, 1.807) is 7.05 Å². The summed E-state index contributed by atoms with van der Waals surface area (Å²) in [5, 5.41) is 0.959. The van der Waals surface area contributed by atoms with E-state index in [9.17, 15) is 8.78 Å². The monoisotopic (exact) mass is 254 g/mol. The van der Waals surface area contributed by atoms with E-state index >= 15 is 0 Å². The molecule has 1 aromatic carbocycles. The lowest BCUT2D eigenvalue weighted by atomic mass is 10.1. The number of alkyl halides is 2. The number of hydrogen-bond donors (Lipinski definition) is 1. The Hall–Kier alpha value is -1.46. The Balaban J connectivity index is 2.27. The van der Waals surface area contributed by atoms with Gasteiger partial charge in [-0.3, -0.25) is 4.90 Å². The van der Waals surface area contributed by atoms with Gasteiger partial charge >= 0.3 is 0 Å². The Morgan fingerprint density at radius 2 is 2.06 bits per heavy atom. The van der Waals surface area contributed by atoms with E-state index in [-0.39, 0.29) is 6.54 Å². The van der Waals surface area contributed by atoms with E-state index < -0.39 is 6.43 Å². The van der Waals surface area contributed by atoms with Crippen molar-refractivity contribution in [3.05, 3.63) is 35.6 Å². The van der Waals surface area contributed by atoms with Gasteiger partial charge in [-0.1, -0.05) is 18.2 Å². The summed E-state index contributed by atoms with van der Waals surface area (Å²) < 4.78 is 30.2. The van der Waals surface area contributed by atoms with E-state index in [4.69, 9.17) is 10.2 Å².